The fraction of sp³-hybridized carbons (Fsp3) is 0.500. The Kier molecular flexibility index (Phi) is 3.01. The third kappa shape index (κ3) is 1.92. The number of carboxylic acids is 1. The van der Waals surface area contributed by atoms with Crippen molar-refractivity contribution in [2.24, 2.45) is 0 Å². The average molecular weight is 276 g/mol. The Bertz CT molecular complexity index is 663. The molecule has 0 spiro atoms. The van der Waals surface area contributed by atoms with Gasteiger partial charge in [0.1, 0.15) is 10.7 Å². The van der Waals surface area contributed by atoms with Gasteiger partial charge in [0, 0.05) is 16.2 Å². The lowest BCUT2D eigenvalue weighted by atomic mass is 10.1. The molecular weight excluding hydrogens is 260 g/mol. The van der Waals surface area contributed by atoms with Crippen LogP contribution in [0.15, 0.2) is 0 Å². The summed E-state index contributed by atoms with van der Waals surface area (Å²) >= 11 is 1.65. The highest BCUT2D eigenvalue weighted by Gasteiger charge is 2.25. The molecule has 0 saturated heterocycles. The van der Waals surface area contributed by atoms with Crippen molar-refractivity contribution in [3.63, 3.8) is 0 Å². The average Bonchev–Trinajstić information content (AvgIpc) is 2.96. The van der Waals surface area contributed by atoms with E-state index in [0.29, 0.717) is 5.82 Å². The van der Waals surface area contributed by atoms with E-state index in [1.165, 1.54) is 10.4 Å². The summed E-state index contributed by atoms with van der Waals surface area (Å²) in [5.74, 6) is -0.0868. The van der Waals surface area contributed by atoms with Crippen molar-refractivity contribution in [3.8, 4) is 0 Å². The molecule has 4 nitrogen and oxygen atoms in total. The molecule has 100 valence electrons. The lowest BCUT2D eigenvalue weighted by molar-refractivity contribution is 0.0692. The molecule has 0 saturated carbocycles. The molecule has 1 atom stereocenters. The van der Waals surface area contributed by atoms with Gasteiger partial charge in [0.25, 0.3) is 0 Å². The smallest absolute Gasteiger partial charge is 0.355 e. The lowest BCUT2D eigenvalue weighted by Crippen LogP contribution is -2.08. The van der Waals surface area contributed by atoms with E-state index in [2.05, 4.69) is 16.9 Å². The summed E-state index contributed by atoms with van der Waals surface area (Å²) < 4.78 is 0. The van der Waals surface area contributed by atoms with Crippen molar-refractivity contribution in [2.75, 3.05) is 0 Å². The molecule has 5 heteroatoms. The topological polar surface area (TPSA) is 63.1 Å². The Morgan fingerprint density at radius 1 is 1.42 bits per heavy atom. The molecule has 2 aromatic rings. The first-order valence-electron chi connectivity index (χ1n) is 6.67. The van der Waals surface area contributed by atoms with Crippen LogP contribution in [0.2, 0.25) is 0 Å². The standard InChI is InChI=1S/C14H16N2O2S/c1-3-7(2)12-15-11(14(17)18)10-8-5-4-6-9(8)19-13(10)16-12/h7H,3-6H2,1-2H3,(H,17,18). The molecule has 0 radical (unpaired) electrons. The van der Waals surface area contributed by atoms with Gasteiger partial charge in [0.2, 0.25) is 0 Å². The number of hydrogen-bond donors (Lipinski definition) is 1. The Hall–Kier alpha value is -1.49. The predicted molar refractivity (Wildman–Crippen MR) is 75.1 cm³/mol. The first-order valence-corrected chi connectivity index (χ1v) is 7.49. The number of aryl methyl sites for hydroxylation is 2. The molecule has 0 fully saturated rings. The molecule has 0 aliphatic heterocycles. The van der Waals surface area contributed by atoms with E-state index in [1.807, 2.05) is 6.92 Å². The van der Waals surface area contributed by atoms with Crippen LogP contribution >= 0.6 is 11.3 Å². The molecular formula is C14H16N2O2S. The molecule has 1 aliphatic carbocycles. The number of rotatable bonds is 3. The van der Waals surface area contributed by atoms with E-state index in [9.17, 15) is 9.90 Å². The second kappa shape index (κ2) is 4.56. The Morgan fingerprint density at radius 3 is 2.89 bits per heavy atom. The fourth-order valence-electron chi connectivity index (χ4n) is 2.57. The molecule has 0 bridgehead atoms. The van der Waals surface area contributed by atoms with Gasteiger partial charge in [-0.1, -0.05) is 13.8 Å². The third-order valence-electron chi connectivity index (χ3n) is 3.84. The van der Waals surface area contributed by atoms with Crippen molar-refractivity contribution < 1.29 is 9.90 Å². The molecule has 1 aliphatic rings. The molecule has 0 amide bonds. The van der Waals surface area contributed by atoms with Gasteiger partial charge in [-0.15, -0.1) is 11.3 Å². The van der Waals surface area contributed by atoms with Crippen LogP contribution in [0, 0.1) is 0 Å². The number of carbonyl (C=O) groups is 1. The molecule has 2 heterocycles. The second-order valence-corrected chi connectivity index (χ2v) is 6.17. The van der Waals surface area contributed by atoms with E-state index in [1.54, 1.807) is 11.3 Å². The highest BCUT2D eigenvalue weighted by Crippen LogP contribution is 2.38. The quantitative estimate of drug-likeness (QED) is 0.933. The van der Waals surface area contributed by atoms with Gasteiger partial charge in [0.05, 0.1) is 0 Å². The molecule has 2 aromatic heterocycles. The van der Waals surface area contributed by atoms with Gasteiger partial charge in [-0.25, -0.2) is 14.8 Å². The molecule has 3 rings (SSSR count). The van der Waals surface area contributed by atoms with Crippen LogP contribution in [0.3, 0.4) is 0 Å². The zero-order valence-electron chi connectivity index (χ0n) is 11.1. The van der Waals surface area contributed by atoms with E-state index >= 15 is 0 Å². The number of nitrogens with zero attached hydrogens (tertiary/aromatic N) is 2. The number of carboxylic acid groups (broad SMARTS) is 1. The largest absolute Gasteiger partial charge is 0.476 e. The van der Waals surface area contributed by atoms with Crippen LogP contribution in [-0.4, -0.2) is 21.0 Å². The number of fused-ring (bicyclic) bond motifs is 3. The van der Waals surface area contributed by atoms with Crippen LogP contribution in [0.5, 0.6) is 0 Å². The van der Waals surface area contributed by atoms with Gasteiger partial charge in [-0.2, -0.15) is 0 Å². The number of aromatic nitrogens is 2. The second-order valence-electron chi connectivity index (χ2n) is 5.08. The third-order valence-corrected chi connectivity index (χ3v) is 5.02. The maximum atomic E-state index is 11.5. The SMILES string of the molecule is CCC(C)c1nc(C(=O)O)c2c3c(sc2n1)CCC3. The summed E-state index contributed by atoms with van der Waals surface area (Å²) in [7, 11) is 0. The van der Waals surface area contributed by atoms with Crippen LogP contribution in [0.1, 0.15) is 59.4 Å². The maximum Gasteiger partial charge on any atom is 0.355 e. The van der Waals surface area contributed by atoms with Crippen molar-refractivity contribution in [3.05, 3.63) is 22.0 Å². The first-order chi connectivity index (χ1) is 9.11. The van der Waals surface area contributed by atoms with Crippen LogP contribution < -0.4 is 0 Å². The zero-order chi connectivity index (χ0) is 13.6. The van der Waals surface area contributed by atoms with E-state index in [0.717, 1.165) is 35.9 Å². The van der Waals surface area contributed by atoms with Gasteiger partial charge in [-0.05, 0) is 31.2 Å². The van der Waals surface area contributed by atoms with Crippen LogP contribution in [0.4, 0.5) is 0 Å². The van der Waals surface area contributed by atoms with Crippen molar-refractivity contribution in [2.45, 2.75) is 45.4 Å². The Balaban J connectivity index is 2.29. The van der Waals surface area contributed by atoms with Gasteiger partial charge in [-0.3, -0.25) is 0 Å². The Labute approximate surface area is 115 Å². The zero-order valence-corrected chi connectivity index (χ0v) is 11.9. The summed E-state index contributed by atoms with van der Waals surface area (Å²) in [5.41, 5.74) is 1.37. The minimum atomic E-state index is -0.940. The normalized spacial score (nSPS) is 15.7. The summed E-state index contributed by atoms with van der Waals surface area (Å²) in [6.07, 6.45) is 4.04. The first kappa shape index (κ1) is 12.5. The van der Waals surface area contributed by atoms with Gasteiger partial charge in [0.15, 0.2) is 5.69 Å². The number of hydrogen-bond acceptors (Lipinski definition) is 4. The fourth-order valence-corrected chi connectivity index (χ4v) is 3.84. The predicted octanol–water partition coefficient (Wildman–Crippen LogP) is 3.39. The van der Waals surface area contributed by atoms with E-state index < -0.39 is 5.97 Å². The number of aromatic carboxylic acids is 1. The van der Waals surface area contributed by atoms with Crippen molar-refractivity contribution in [1.29, 1.82) is 0 Å². The molecule has 1 unspecified atom stereocenters. The van der Waals surface area contributed by atoms with Crippen LogP contribution in [-0.2, 0) is 12.8 Å². The molecule has 19 heavy (non-hydrogen) atoms. The molecule has 0 aromatic carbocycles. The van der Waals surface area contributed by atoms with E-state index in [4.69, 9.17) is 0 Å². The van der Waals surface area contributed by atoms with Crippen LogP contribution in [0.25, 0.3) is 10.2 Å². The molecule has 1 N–H and O–H groups in total. The minimum absolute atomic E-state index is 0.194. The Morgan fingerprint density at radius 2 is 2.21 bits per heavy atom. The lowest BCUT2D eigenvalue weighted by Gasteiger charge is -2.08. The monoisotopic (exact) mass is 276 g/mol. The highest BCUT2D eigenvalue weighted by molar-refractivity contribution is 7.19. The summed E-state index contributed by atoms with van der Waals surface area (Å²) in [6, 6.07) is 0. The summed E-state index contributed by atoms with van der Waals surface area (Å²) in [5, 5.41) is 10.2. The van der Waals surface area contributed by atoms with Crippen molar-refractivity contribution >= 4 is 27.5 Å². The minimum Gasteiger partial charge on any atom is -0.476 e. The highest BCUT2D eigenvalue weighted by atomic mass is 32.1. The summed E-state index contributed by atoms with van der Waals surface area (Å²) in [6.45, 7) is 4.10. The van der Waals surface area contributed by atoms with Gasteiger partial charge >= 0.3 is 5.97 Å². The number of thiophene rings is 1. The van der Waals surface area contributed by atoms with Crippen molar-refractivity contribution in [1.82, 2.24) is 9.97 Å². The summed E-state index contributed by atoms with van der Waals surface area (Å²) in [4.78, 5) is 22.6. The van der Waals surface area contributed by atoms with E-state index in [-0.39, 0.29) is 11.6 Å². The maximum absolute atomic E-state index is 11.5. The van der Waals surface area contributed by atoms with Gasteiger partial charge < -0.3 is 5.11 Å².